The lowest BCUT2D eigenvalue weighted by Gasteiger charge is -2.32. The molecule has 19 heavy (non-hydrogen) atoms. The van der Waals surface area contributed by atoms with Crippen LogP contribution in [0.3, 0.4) is 0 Å². The Morgan fingerprint density at radius 3 is 1.79 bits per heavy atom. The Morgan fingerprint density at radius 1 is 1.05 bits per heavy atom. The molecule has 1 aromatic rings. The van der Waals surface area contributed by atoms with Crippen molar-refractivity contribution in [2.24, 2.45) is 0 Å². The number of benzene rings is 1. The summed E-state index contributed by atoms with van der Waals surface area (Å²) < 4.78 is 11.9. The third-order valence-corrected chi connectivity index (χ3v) is 3.46. The van der Waals surface area contributed by atoms with Gasteiger partial charge < -0.3 is 15.0 Å². The molecule has 1 fully saturated rings. The van der Waals surface area contributed by atoms with Crippen LogP contribution in [0.25, 0.3) is 0 Å². The molecule has 0 amide bonds. The molecular formula is C15H24BNO2. The predicted octanol–water partition coefficient (Wildman–Crippen LogP) is 2.76. The molecule has 104 valence electrons. The highest BCUT2D eigenvalue weighted by atomic mass is 16.7. The number of allylic oxidation sites excluding steroid dienone is 1. The molecule has 0 aliphatic carbocycles. The van der Waals surface area contributed by atoms with Crippen LogP contribution in [0.5, 0.6) is 0 Å². The second kappa shape index (κ2) is 5.80. The highest BCUT2D eigenvalue weighted by molar-refractivity contribution is 6.62. The van der Waals surface area contributed by atoms with Gasteiger partial charge in [-0.1, -0.05) is 18.2 Å². The number of nitrogens with two attached hydrogens (primary N) is 1. The largest absolute Gasteiger partial charge is 0.494 e. The van der Waals surface area contributed by atoms with Crippen LogP contribution in [-0.4, -0.2) is 18.3 Å². The minimum Gasteiger partial charge on any atom is -0.399 e. The van der Waals surface area contributed by atoms with E-state index in [-0.39, 0.29) is 18.3 Å². The summed E-state index contributed by atoms with van der Waals surface area (Å²) in [6, 6.07) is 7.61. The number of anilines is 1. The van der Waals surface area contributed by atoms with E-state index in [1.54, 1.807) is 6.08 Å². The van der Waals surface area contributed by atoms with Crippen molar-refractivity contribution < 1.29 is 9.31 Å². The fourth-order valence-corrected chi connectivity index (χ4v) is 1.63. The molecule has 1 aromatic carbocycles. The van der Waals surface area contributed by atoms with Gasteiger partial charge in [0, 0.05) is 5.69 Å². The van der Waals surface area contributed by atoms with Gasteiger partial charge in [0.05, 0.1) is 11.2 Å². The van der Waals surface area contributed by atoms with E-state index in [0.29, 0.717) is 0 Å². The summed E-state index contributed by atoms with van der Waals surface area (Å²) in [6.45, 7) is 13.4. The zero-order chi connectivity index (χ0) is 14.7. The number of hydrogen-bond donors (Lipinski definition) is 1. The highest BCUT2D eigenvalue weighted by Gasteiger charge is 2.51. The summed E-state index contributed by atoms with van der Waals surface area (Å²) in [5.74, 6) is 0. The third-order valence-electron chi connectivity index (χ3n) is 3.46. The third kappa shape index (κ3) is 3.61. The van der Waals surface area contributed by atoms with Crippen LogP contribution in [0.4, 0.5) is 5.69 Å². The van der Waals surface area contributed by atoms with Crippen LogP contribution in [0.1, 0.15) is 34.6 Å². The van der Waals surface area contributed by atoms with Gasteiger partial charge in [-0.2, -0.15) is 0 Å². The highest BCUT2D eigenvalue weighted by Crippen LogP contribution is 2.36. The number of hydrogen-bond acceptors (Lipinski definition) is 3. The first kappa shape index (κ1) is 15.8. The molecule has 0 saturated carbocycles. The average molecular weight is 261 g/mol. The second-order valence-corrected chi connectivity index (χ2v) is 5.66. The van der Waals surface area contributed by atoms with Crippen LogP contribution >= 0.6 is 0 Å². The van der Waals surface area contributed by atoms with Crippen molar-refractivity contribution in [1.82, 2.24) is 0 Å². The van der Waals surface area contributed by atoms with Crippen LogP contribution in [0.15, 0.2) is 36.9 Å². The minimum absolute atomic E-state index is 0.293. The Balaban J connectivity index is 0.000000550. The van der Waals surface area contributed by atoms with Gasteiger partial charge in [-0.3, -0.25) is 0 Å². The van der Waals surface area contributed by atoms with Gasteiger partial charge in [-0.05, 0) is 52.2 Å². The van der Waals surface area contributed by atoms with Crippen LogP contribution in [0, 0.1) is 0 Å². The van der Waals surface area contributed by atoms with E-state index >= 15 is 0 Å². The summed E-state index contributed by atoms with van der Waals surface area (Å²) in [6.07, 6.45) is 1.75. The number of nitrogen functional groups attached to an aromatic ring is 1. The first-order chi connectivity index (χ1) is 8.73. The smallest absolute Gasteiger partial charge is 0.399 e. The molecule has 1 aliphatic heterocycles. The van der Waals surface area contributed by atoms with Gasteiger partial charge in [0.1, 0.15) is 0 Å². The zero-order valence-electron chi connectivity index (χ0n) is 12.6. The van der Waals surface area contributed by atoms with E-state index in [2.05, 4.69) is 6.58 Å². The van der Waals surface area contributed by atoms with Gasteiger partial charge in [0.25, 0.3) is 0 Å². The van der Waals surface area contributed by atoms with Crippen molar-refractivity contribution in [2.45, 2.75) is 45.8 Å². The standard InChI is InChI=1S/C12H18BNO2.C3H6/c1-11(2)12(3,4)16-13(15-11)9-5-7-10(14)8-6-9;1-3-2/h5-8H,14H2,1-4H3;3H,1H2,2H3. The van der Waals surface area contributed by atoms with Gasteiger partial charge in [0.15, 0.2) is 0 Å². The second-order valence-electron chi connectivity index (χ2n) is 5.66. The molecule has 4 heteroatoms. The topological polar surface area (TPSA) is 44.5 Å². The molecule has 2 rings (SSSR count). The Hall–Kier alpha value is -1.26. The van der Waals surface area contributed by atoms with E-state index in [0.717, 1.165) is 11.2 Å². The van der Waals surface area contributed by atoms with Crippen molar-refractivity contribution in [1.29, 1.82) is 0 Å². The summed E-state index contributed by atoms with van der Waals surface area (Å²) >= 11 is 0. The first-order valence-electron chi connectivity index (χ1n) is 6.51. The maximum atomic E-state index is 5.93. The molecule has 0 aromatic heterocycles. The molecule has 1 aliphatic rings. The number of rotatable bonds is 1. The monoisotopic (exact) mass is 261 g/mol. The van der Waals surface area contributed by atoms with Gasteiger partial charge >= 0.3 is 7.12 Å². The molecule has 0 spiro atoms. The fourth-order valence-electron chi connectivity index (χ4n) is 1.63. The lowest BCUT2D eigenvalue weighted by Crippen LogP contribution is -2.41. The summed E-state index contributed by atoms with van der Waals surface area (Å²) in [5, 5.41) is 0. The lowest BCUT2D eigenvalue weighted by atomic mass is 9.79. The normalized spacial score (nSPS) is 19.5. The molecule has 0 atom stereocenters. The minimum atomic E-state index is -0.300. The van der Waals surface area contributed by atoms with Crippen LogP contribution in [0.2, 0.25) is 0 Å². The summed E-state index contributed by atoms with van der Waals surface area (Å²) in [5.41, 5.74) is 6.82. The van der Waals surface area contributed by atoms with E-state index in [9.17, 15) is 0 Å². The SMILES string of the molecule is C=CC.CC1(C)OB(c2ccc(N)cc2)OC1(C)C. The van der Waals surface area contributed by atoms with Crippen LogP contribution < -0.4 is 11.2 Å². The van der Waals surface area contributed by atoms with Gasteiger partial charge in [-0.25, -0.2) is 0 Å². The molecule has 0 bridgehead atoms. The van der Waals surface area contributed by atoms with Crippen molar-refractivity contribution in [2.75, 3.05) is 5.73 Å². The predicted molar refractivity (Wildman–Crippen MR) is 82.4 cm³/mol. The van der Waals surface area contributed by atoms with Crippen molar-refractivity contribution >= 4 is 18.3 Å². The molecular weight excluding hydrogens is 237 g/mol. The van der Waals surface area contributed by atoms with E-state index in [1.165, 1.54) is 0 Å². The average Bonchev–Trinajstić information content (AvgIpc) is 2.50. The Labute approximate surface area is 116 Å². The van der Waals surface area contributed by atoms with Gasteiger partial charge in [0.2, 0.25) is 0 Å². The fraction of sp³-hybridized carbons (Fsp3) is 0.467. The Bertz CT molecular complexity index is 410. The van der Waals surface area contributed by atoms with Crippen molar-refractivity contribution in [3.05, 3.63) is 36.9 Å². The Kier molecular flexibility index (Phi) is 4.83. The molecule has 2 N–H and O–H groups in total. The summed E-state index contributed by atoms with van der Waals surface area (Å²) in [4.78, 5) is 0. The molecule has 0 unspecified atom stereocenters. The van der Waals surface area contributed by atoms with E-state index in [1.807, 2.05) is 58.9 Å². The summed E-state index contributed by atoms with van der Waals surface area (Å²) in [7, 11) is -0.300. The van der Waals surface area contributed by atoms with E-state index in [4.69, 9.17) is 15.0 Å². The van der Waals surface area contributed by atoms with Crippen LogP contribution in [-0.2, 0) is 9.31 Å². The van der Waals surface area contributed by atoms with Gasteiger partial charge in [-0.15, -0.1) is 6.58 Å². The molecule has 1 heterocycles. The van der Waals surface area contributed by atoms with Crippen molar-refractivity contribution in [3.8, 4) is 0 Å². The van der Waals surface area contributed by atoms with E-state index < -0.39 is 0 Å². The van der Waals surface area contributed by atoms with Crippen molar-refractivity contribution in [3.63, 3.8) is 0 Å². The first-order valence-corrected chi connectivity index (χ1v) is 6.51. The molecule has 0 radical (unpaired) electrons. The quantitative estimate of drug-likeness (QED) is 0.480. The Morgan fingerprint density at radius 2 is 1.42 bits per heavy atom. The zero-order valence-corrected chi connectivity index (χ0v) is 12.6. The maximum absolute atomic E-state index is 5.93. The molecule has 1 saturated heterocycles. The molecule has 3 nitrogen and oxygen atoms in total. The maximum Gasteiger partial charge on any atom is 0.494 e. The lowest BCUT2D eigenvalue weighted by molar-refractivity contribution is 0.00578.